The lowest BCUT2D eigenvalue weighted by Crippen LogP contribution is -2.12. The summed E-state index contributed by atoms with van der Waals surface area (Å²) in [6, 6.07) is 22.7. The van der Waals surface area contributed by atoms with Crippen molar-refractivity contribution in [3.05, 3.63) is 83.9 Å². The van der Waals surface area contributed by atoms with Crippen molar-refractivity contribution in [3.63, 3.8) is 0 Å². The number of nitrogens with one attached hydrogen (secondary N) is 2. The van der Waals surface area contributed by atoms with Gasteiger partial charge in [-0.3, -0.25) is 4.79 Å². The molecule has 4 heteroatoms. The largest absolute Gasteiger partial charge is 0.495 e. The summed E-state index contributed by atoms with van der Waals surface area (Å²) >= 11 is 0. The van der Waals surface area contributed by atoms with Crippen molar-refractivity contribution >= 4 is 23.0 Å². The zero-order valence-corrected chi connectivity index (χ0v) is 14.2. The number of ether oxygens (including phenoxy) is 1. The topological polar surface area (TPSA) is 50.4 Å². The van der Waals surface area contributed by atoms with Gasteiger partial charge in [-0.2, -0.15) is 0 Å². The molecule has 0 spiro atoms. The molecule has 0 aliphatic heterocycles. The number of hydrogen-bond donors (Lipinski definition) is 2. The van der Waals surface area contributed by atoms with E-state index in [2.05, 4.69) is 10.6 Å². The first-order valence-electron chi connectivity index (χ1n) is 8.04. The van der Waals surface area contributed by atoms with Crippen molar-refractivity contribution in [2.75, 3.05) is 17.7 Å². The van der Waals surface area contributed by atoms with Crippen LogP contribution >= 0.6 is 0 Å². The van der Waals surface area contributed by atoms with Crippen LogP contribution in [0.3, 0.4) is 0 Å². The first kappa shape index (κ1) is 16.6. The van der Waals surface area contributed by atoms with Crippen LogP contribution in [0.4, 0.5) is 17.1 Å². The van der Waals surface area contributed by atoms with Gasteiger partial charge in [-0.1, -0.05) is 35.9 Å². The second-order valence-electron chi connectivity index (χ2n) is 5.73. The van der Waals surface area contributed by atoms with Gasteiger partial charge in [0.25, 0.3) is 5.91 Å². The lowest BCUT2D eigenvalue weighted by Gasteiger charge is -2.13. The fourth-order valence-corrected chi connectivity index (χ4v) is 2.46. The standard InChI is InChI=1S/C21H20N2O2/c1-15-8-11-18(12-9-15)22-19-14-16(10-13-20(19)25-2)21(24)23-17-6-4-3-5-7-17/h3-14,22H,1-2H3,(H,23,24). The Morgan fingerprint density at radius 3 is 2.28 bits per heavy atom. The van der Waals surface area contributed by atoms with Gasteiger partial charge < -0.3 is 15.4 Å². The van der Waals surface area contributed by atoms with E-state index >= 15 is 0 Å². The molecule has 0 aliphatic carbocycles. The van der Waals surface area contributed by atoms with Gasteiger partial charge in [-0.05, 0) is 49.4 Å². The molecule has 0 radical (unpaired) electrons. The average molecular weight is 332 g/mol. The zero-order valence-electron chi connectivity index (χ0n) is 14.2. The van der Waals surface area contributed by atoms with Gasteiger partial charge in [0.1, 0.15) is 5.75 Å². The SMILES string of the molecule is COc1ccc(C(=O)Nc2ccccc2)cc1Nc1ccc(C)cc1. The summed E-state index contributed by atoms with van der Waals surface area (Å²) in [6.45, 7) is 2.04. The molecule has 4 nitrogen and oxygen atoms in total. The minimum absolute atomic E-state index is 0.166. The van der Waals surface area contributed by atoms with E-state index < -0.39 is 0 Å². The van der Waals surface area contributed by atoms with Crippen molar-refractivity contribution in [2.24, 2.45) is 0 Å². The van der Waals surface area contributed by atoms with Crippen molar-refractivity contribution in [1.82, 2.24) is 0 Å². The van der Waals surface area contributed by atoms with Gasteiger partial charge in [0, 0.05) is 16.9 Å². The van der Waals surface area contributed by atoms with E-state index in [1.54, 1.807) is 25.3 Å². The molecule has 25 heavy (non-hydrogen) atoms. The summed E-state index contributed by atoms with van der Waals surface area (Å²) in [5.74, 6) is 0.512. The van der Waals surface area contributed by atoms with E-state index in [0.717, 1.165) is 17.1 Å². The maximum Gasteiger partial charge on any atom is 0.255 e. The molecule has 3 rings (SSSR count). The summed E-state index contributed by atoms with van der Waals surface area (Å²) in [7, 11) is 1.61. The van der Waals surface area contributed by atoms with Crippen LogP contribution in [0.1, 0.15) is 15.9 Å². The van der Waals surface area contributed by atoms with Gasteiger partial charge in [0.05, 0.1) is 12.8 Å². The Hall–Kier alpha value is -3.27. The predicted octanol–water partition coefficient (Wildman–Crippen LogP) is 5.00. The molecular weight excluding hydrogens is 312 g/mol. The molecule has 1 amide bonds. The van der Waals surface area contributed by atoms with Gasteiger partial charge in [-0.25, -0.2) is 0 Å². The molecule has 2 N–H and O–H groups in total. The Morgan fingerprint density at radius 2 is 1.60 bits per heavy atom. The summed E-state index contributed by atoms with van der Waals surface area (Å²) in [5.41, 5.74) is 4.18. The van der Waals surface area contributed by atoms with E-state index in [-0.39, 0.29) is 5.91 Å². The third-order valence-electron chi connectivity index (χ3n) is 3.82. The molecule has 0 saturated heterocycles. The Kier molecular flexibility index (Phi) is 5.00. The number of benzene rings is 3. The van der Waals surface area contributed by atoms with Gasteiger partial charge in [-0.15, -0.1) is 0 Å². The van der Waals surface area contributed by atoms with Crippen LogP contribution in [0.15, 0.2) is 72.8 Å². The Labute approximate surface area is 147 Å². The molecule has 0 heterocycles. The van der Waals surface area contributed by atoms with Gasteiger partial charge >= 0.3 is 0 Å². The van der Waals surface area contributed by atoms with Crippen molar-refractivity contribution in [1.29, 1.82) is 0 Å². The van der Waals surface area contributed by atoms with Gasteiger partial charge in [0.15, 0.2) is 0 Å². The lowest BCUT2D eigenvalue weighted by atomic mass is 10.1. The lowest BCUT2D eigenvalue weighted by molar-refractivity contribution is 0.102. The average Bonchev–Trinajstić information content (AvgIpc) is 2.64. The molecule has 0 aliphatic rings. The molecule has 0 unspecified atom stereocenters. The number of carbonyl (C=O) groups is 1. The number of hydrogen-bond acceptors (Lipinski definition) is 3. The molecule has 3 aromatic rings. The quantitative estimate of drug-likeness (QED) is 0.691. The molecule has 0 fully saturated rings. The maximum absolute atomic E-state index is 12.5. The molecule has 0 bridgehead atoms. The summed E-state index contributed by atoms with van der Waals surface area (Å²) < 4.78 is 5.40. The number of methoxy groups -OCH3 is 1. The fraction of sp³-hybridized carbons (Fsp3) is 0.0952. The Morgan fingerprint density at radius 1 is 0.880 bits per heavy atom. The van der Waals surface area contributed by atoms with Crippen LogP contribution in [-0.2, 0) is 0 Å². The number of para-hydroxylation sites is 1. The second-order valence-corrected chi connectivity index (χ2v) is 5.73. The highest BCUT2D eigenvalue weighted by Crippen LogP contribution is 2.29. The number of amides is 1. The number of rotatable bonds is 5. The summed E-state index contributed by atoms with van der Waals surface area (Å²) in [6.07, 6.45) is 0. The van der Waals surface area contributed by atoms with Crippen molar-refractivity contribution < 1.29 is 9.53 Å². The minimum atomic E-state index is -0.166. The van der Waals surface area contributed by atoms with Crippen molar-refractivity contribution in [3.8, 4) is 5.75 Å². The smallest absolute Gasteiger partial charge is 0.255 e. The van der Waals surface area contributed by atoms with Crippen LogP contribution < -0.4 is 15.4 Å². The van der Waals surface area contributed by atoms with E-state index in [0.29, 0.717) is 11.3 Å². The van der Waals surface area contributed by atoms with Crippen LogP contribution in [0, 0.1) is 6.92 Å². The summed E-state index contributed by atoms with van der Waals surface area (Å²) in [4.78, 5) is 12.5. The minimum Gasteiger partial charge on any atom is -0.495 e. The van der Waals surface area contributed by atoms with E-state index in [9.17, 15) is 4.79 Å². The third-order valence-corrected chi connectivity index (χ3v) is 3.82. The normalized spacial score (nSPS) is 10.2. The molecule has 3 aromatic carbocycles. The first-order chi connectivity index (χ1) is 12.2. The van der Waals surface area contributed by atoms with Crippen LogP contribution in [0.5, 0.6) is 5.75 Å². The zero-order chi connectivity index (χ0) is 17.6. The highest BCUT2D eigenvalue weighted by molar-refractivity contribution is 6.05. The third kappa shape index (κ3) is 4.18. The molecular formula is C21H20N2O2. The number of carbonyl (C=O) groups excluding carboxylic acids is 1. The first-order valence-corrected chi connectivity index (χ1v) is 8.04. The maximum atomic E-state index is 12.5. The molecule has 126 valence electrons. The van der Waals surface area contributed by atoms with E-state index in [4.69, 9.17) is 4.74 Å². The highest BCUT2D eigenvalue weighted by atomic mass is 16.5. The fourth-order valence-electron chi connectivity index (χ4n) is 2.46. The molecule has 0 saturated carbocycles. The summed E-state index contributed by atoms with van der Waals surface area (Å²) in [5, 5.41) is 6.19. The predicted molar refractivity (Wildman–Crippen MR) is 102 cm³/mol. The number of aryl methyl sites for hydroxylation is 1. The Balaban J connectivity index is 1.84. The monoisotopic (exact) mass is 332 g/mol. The van der Waals surface area contributed by atoms with Crippen molar-refractivity contribution in [2.45, 2.75) is 6.92 Å². The van der Waals surface area contributed by atoms with Crippen LogP contribution in [0.25, 0.3) is 0 Å². The molecule has 0 atom stereocenters. The van der Waals surface area contributed by atoms with E-state index in [1.807, 2.05) is 61.5 Å². The van der Waals surface area contributed by atoms with Gasteiger partial charge in [0.2, 0.25) is 0 Å². The van der Waals surface area contributed by atoms with Crippen LogP contribution in [0.2, 0.25) is 0 Å². The Bertz CT molecular complexity index is 859. The number of anilines is 3. The molecule has 0 aromatic heterocycles. The highest BCUT2D eigenvalue weighted by Gasteiger charge is 2.11. The van der Waals surface area contributed by atoms with E-state index in [1.165, 1.54) is 5.56 Å². The second kappa shape index (κ2) is 7.53. The van der Waals surface area contributed by atoms with Crippen LogP contribution in [-0.4, -0.2) is 13.0 Å².